The van der Waals surface area contributed by atoms with Gasteiger partial charge in [-0.15, -0.1) is 0 Å². The van der Waals surface area contributed by atoms with Gasteiger partial charge >= 0.3 is 0 Å². The highest BCUT2D eigenvalue weighted by molar-refractivity contribution is 7.99. The van der Waals surface area contributed by atoms with Crippen molar-refractivity contribution in [1.29, 1.82) is 0 Å². The van der Waals surface area contributed by atoms with Gasteiger partial charge in [0.25, 0.3) is 0 Å². The highest BCUT2D eigenvalue weighted by Crippen LogP contribution is 2.17. The van der Waals surface area contributed by atoms with Gasteiger partial charge in [0.05, 0.1) is 0 Å². The second-order valence-corrected chi connectivity index (χ2v) is 7.20. The lowest BCUT2D eigenvalue weighted by atomic mass is 10.2. The second kappa shape index (κ2) is 7.23. The van der Waals surface area contributed by atoms with Crippen LogP contribution >= 0.6 is 11.8 Å². The van der Waals surface area contributed by atoms with Gasteiger partial charge in [0.1, 0.15) is 10.7 Å². The molecular weight excluding hydrogens is 287 g/mol. The molecule has 1 unspecified atom stereocenters. The molecule has 0 heterocycles. The van der Waals surface area contributed by atoms with Crippen LogP contribution in [0.5, 0.6) is 0 Å². The summed E-state index contributed by atoms with van der Waals surface area (Å²) in [5.74, 6) is -0.732. The van der Waals surface area contributed by atoms with Crippen LogP contribution in [0.15, 0.2) is 23.1 Å². The third kappa shape index (κ3) is 4.76. The minimum absolute atomic E-state index is 0.137. The Balaban J connectivity index is 2.96. The highest BCUT2D eigenvalue weighted by Gasteiger charge is 2.19. The largest absolute Gasteiger partial charge is 0.316 e. The molecule has 0 saturated carbocycles. The van der Waals surface area contributed by atoms with Crippen LogP contribution in [0.1, 0.15) is 12.5 Å². The zero-order valence-electron chi connectivity index (χ0n) is 11.2. The average molecular weight is 306 g/mol. The van der Waals surface area contributed by atoms with E-state index in [1.807, 2.05) is 13.2 Å². The fourth-order valence-electron chi connectivity index (χ4n) is 1.46. The minimum Gasteiger partial charge on any atom is -0.316 e. The lowest BCUT2D eigenvalue weighted by Crippen LogP contribution is -2.30. The van der Waals surface area contributed by atoms with Crippen LogP contribution < -0.4 is 10.0 Å². The van der Waals surface area contributed by atoms with E-state index in [4.69, 9.17) is 0 Å². The zero-order valence-corrected chi connectivity index (χ0v) is 12.9. The molecule has 0 fully saturated rings. The number of nitrogens with one attached hydrogen (secondary N) is 2. The number of halogens is 1. The topological polar surface area (TPSA) is 58.2 Å². The summed E-state index contributed by atoms with van der Waals surface area (Å²) in [5, 5.41) is 3.04. The van der Waals surface area contributed by atoms with Crippen LogP contribution in [0.4, 0.5) is 4.39 Å². The van der Waals surface area contributed by atoms with E-state index in [1.54, 1.807) is 24.9 Å². The zero-order chi connectivity index (χ0) is 14.5. The molecule has 19 heavy (non-hydrogen) atoms. The van der Waals surface area contributed by atoms with Gasteiger partial charge in [0.15, 0.2) is 0 Å². The summed E-state index contributed by atoms with van der Waals surface area (Å²) in [6.07, 6.45) is 1.90. The summed E-state index contributed by atoms with van der Waals surface area (Å²) >= 11 is 1.55. The molecule has 0 aliphatic carbocycles. The molecule has 0 radical (unpaired) electrons. The van der Waals surface area contributed by atoms with Gasteiger partial charge < -0.3 is 5.32 Å². The van der Waals surface area contributed by atoms with Crippen molar-refractivity contribution in [3.05, 3.63) is 29.6 Å². The van der Waals surface area contributed by atoms with E-state index in [0.717, 1.165) is 5.56 Å². The summed E-state index contributed by atoms with van der Waals surface area (Å²) in [5.41, 5.74) is 0.724. The van der Waals surface area contributed by atoms with E-state index in [2.05, 4.69) is 10.0 Å². The van der Waals surface area contributed by atoms with Crippen molar-refractivity contribution in [3.8, 4) is 0 Å². The van der Waals surface area contributed by atoms with E-state index >= 15 is 0 Å². The molecule has 108 valence electrons. The fraction of sp³-hybridized carbons (Fsp3) is 0.500. The van der Waals surface area contributed by atoms with Crippen LogP contribution in [0.3, 0.4) is 0 Å². The lowest BCUT2D eigenvalue weighted by Gasteiger charge is -2.12. The Labute approximate surface area is 118 Å². The molecule has 0 bridgehead atoms. The number of hydrogen-bond donors (Lipinski definition) is 2. The van der Waals surface area contributed by atoms with Crippen molar-refractivity contribution in [2.45, 2.75) is 23.6 Å². The molecule has 0 amide bonds. The Bertz CT molecular complexity index is 520. The number of rotatable bonds is 7. The van der Waals surface area contributed by atoms with E-state index in [9.17, 15) is 12.8 Å². The Morgan fingerprint density at radius 1 is 1.42 bits per heavy atom. The normalized spacial score (nSPS) is 13.5. The van der Waals surface area contributed by atoms with Gasteiger partial charge in [-0.25, -0.2) is 17.5 Å². The molecule has 1 aromatic rings. The molecule has 7 heteroatoms. The maximum absolute atomic E-state index is 13.7. The molecule has 0 aromatic heterocycles. The number of thioether (sulfide) groups is 1. The summed E-state index contributed by atoms with van der Waals surface area (Å²) in [6.45, 7) is 2.67. The molecular formula is C12H19FN2O2S2. The van der Waals surface area contributed by atoms with Gasteiger partial charge in [-0.05, 0) is 31.0 Å². The Morgan fingerprint density at radius 3 is 2.68 bits per heavy atom. The summed E-state index contributed by atoms with van der Waals surface area (Å²) in [4.78, 5) is -0.298. The predicted octanol–water partition coefficient (Wildman–Crippen LogP) is 1.57. The summed E-state index contributed by atoms with van der Waals surface area (Å²) in [7, 11) is -2.06. The molecule has 4 nitrogen and oxygen atoms in total. The monoisotopic (exact) mass is 306 g/mol. The number of benzene rings is 1. The summed E-state index contributed by atoms with van der Waals surface area (Å²) < 4.78 is 40.2. The maximum Gasteiger partial charge on any atom is 0.243 e. The number of hydrogen-bond acceptors (Lipinski definition) is 4. The van der Waals surface area contributed by atoms with Crippen LogP contribution in [-0.2, 0) is 16.6 Å². The molecule has 0 saturated heterocycles. The molecule has 1 aromatic carbocycles. The van der Waals surface area contributed by atoms with Gasteiger partial charge in [-0.2, -0.15) is 11.8 Å². The van der Waals surface area contributed by atoms with Crippen molar-refractivity contribution in [1.82, 2.24) is 10.0 Å². The first-order valence-electron chi connectivity index (χ1n) is 5.86. The fourth-order valence-corrected chi connectivity index (χ4v) is 3.07. The van der Waals surface area contributed by atoms with Crippen LogP contribution in [0, 0.1) is 5.82 Å². The first-order valence-corrected chi connectivity index (χ1v) is 8.63. The van der Waals surface area contributed by atoms with E-state index in [-0.39, 0.29) is 16.7 Å². The minimum atomic E-state index is -3.80. The molecule has 0 aliphatic heterocycles. The van der Waals surface area contributed by atoms with Crippen LogP contribution in [0.2, 0.25) is 0 Å². The van der Waals surface area contributed by atoms with Crippen molar-refractivity contribution in [2.24, 2.45) is 0 Å². The average Bonchev–Trinajstić information content (AvgIpc) is 2.38. The SMILES string of the molecule is CNCc1ccc(F)c(S(=O)(=O)NCC(C)SC)c1. The van der Waals surface area contributed by atoms with Gasteiger partial charge in [0.2, 0.25) is 10.0 Å². The van der Waals surface area contributed by atoms with Crippen molar-refractivity contribution in [3.63, 3.8) is 0 Å². The predicted molar refractivity (Wildman–Crippen MR) is 77.3 cm³/mol. The van der Waals surface area contributed by atoms with E-state index in [0.29, 0.717) is 6.54 Å². The second-order valence-electron chi connectivity index (χ2n) is 4.19. The first kappa shape index (κ1) is 16.4. The number of sulfonamides is 1. The summed E-state index contributed by atoms with van der Waals surface area (Å²) in [6, 6.07) is 4.10. The molecule has 2 N–H and O–H groups in total. The van der Waals surface area contributed by atoms with Gasteiger partial charge in [-0.1, -0.05) is 13.0 Å². The van der Waals surface area contributed by atoms with Gasteiger partial charge in [-0.3, -0.25) is 0 Å². The van der Waals surface area contributed by atoms with Crippen molar-refractivity contribution < 1.29 is 12.8 Å². The standard InChI is InChI=1S/C12H19FN2O2S2/c1-9(18-3)7-15-19(16,17)12-6-10(8-14-2)4-5-11(12)13/h4-6,9,14-15H,7-8H2,1-3H3. The quantitative estimate of drug-likeness (QED) is 0.803. The first-order chi connectivity index (χ1) is 8.90. The van der Waals surface area contributed by atoms with Crippen molar-refractivity contribution in [2.75, 3.05) is 19.8 Å². The Hall–Kier alpha value is -0.630. The van der Waals surface area contributed by atoms with Crippen LogP contribution in [-0.4, -0.2) is 33.5 Å². The van der Waals surface area contributed by atoms with E-state index in [1.165, 1.54) is 12.1 Å². The molecule has 0 spiro atoms. The molecule has 1 atom stereocenters. The molecule has 1 rings (SSSR count). The Morgan fingerprint density at radius 2 is 2.11 bits per heavy atom. The highest BCUT2D eigenvalue weighted by atomic mass is 32.2. The lowest BCUT2D eigenvalue weighted by molar-refractivity contribution is 0.556. The maximum atomic E-state index is 13.7. The smallest absolute Gasteiger partial charge is 0.243 e. The Kier molecular flexibility index (Phi) is 6.25. The van der Waals surface area contributed by atoms with E-state index < -0.39 is 15.8 Å². The third-order valence-corrected chi connectivity index (χ3v) is 5.04. The van der Waals surface area contributed by atoms with Gasteiger partial charge in [0, 0.05) is 18.3 Å². The van der Waals surface area contributed by atoms with Crippen molar-refractivity contribution >= 4 is 21.8 Å². The third-order valence-electron chi connectivity index (χ3n) is 2.63. The van der Waals surface area contributed by atoms with Crippen LogP contribution in [0.25, 0.3) is 0 Å². The molecule has 0 aliphatic rings.